The fourth-order valence-electron chi connectivity index (χ4n) is 1.81. The van der Waals surface area contributed by atoms with Gasteiger partial charge in [0.1, 0.15) is 11.5 Å². The number of benzene rings is 2. The predicted molar refractivity (Wildman–Crippen MR) is 76.8 cm³/mol. The number of carbonyl (C=O) groups is 1. The van der Waals surface area contributed by atoms with Crippen molar-refractivity contribution in [1.29, 1.82) is 5.26 Å². The van der Waals surface area contributed by atoms with Gasteiger partial charge in [0, 0.05) is 11.3 Å². The van der Waals surface area contributed by atoms with E-state index in [1.807, 2.05) is 13.0 Å². The van der Waals surface area contributed by atoms with Gasteiger partial charge >= 0.3 is 0 Å². The van der Waals surface area contributed by atoms with Crippen LogP contribution in [0, 0.1) is 18.3 Å². The molecule has 0 saturated carbocycles. The molecule has 0 unspecified atom stereocenters. The molecule has 0 fully saturated rings. The van der Waals surface area contributed by atoms with Crippen molar-refractivity contribution in [2.45, 2.75) is 13.8 Å². The van der Waals surface area contributed by atoms with Crippen LogP contribution in [-0.2, 0) is 0 Å². The highest BCUT2D eigenvalue weighted by Crippen LogP contribution is 2.28. The molecular formula is C16H14N2O2. The summed E-state index contributed by atoms with van der Waals surface area (Å²) < 4.78 is 5.74. The SMILES string of the molecule is CC(=O)c1cc(Oc2cc(C#N)ccc2C)ccc1N. The first-order chi connectivity index (χ1) is 9.51. The topological polar surface area (TPSA) is 76.1 Å². The average molecular weight is 266 g/mol. The van der Waals surface area contributed by atoms with Crippen LogP contribution in [-0.4, -0.2) is 5.78 Å². The summed E-state index contributed by atoms with van der Waals surface area (Å²) in [5.74, 6) is 0.987. The van der Waals surface area contributed by atoms with Gasteiger partial charge in [0.25, 0.3) is 0 Å². The Morgan fingerprint density at radius 1 is 1.25 bits per heavy atom. The largest absolute Gasteiger partial charge is 0.457 e. The van der Waals surface area contributed by atoms with E-state index in [1.165, 1.54) is 6.92 Å². The Labute approximate surface area is 117 Å². The highest BCUT2D eigenvalue weighted by Gasteiger charge is 2.08. The molecule has 0 aromatic heterocycles. The lowest BCUT2D eigenvalue weighted by atomic mass is 10.1. The Kier molecular flexibility index (Phi) is 3.72. The number of nitrogen functional groups attached to an aromatic ring is 1. The fraction of sp³-hybridized carbons (Fsp3) is 0.125. The lowest BCUT2D eigenvalue weighted by molar-refractivity contribution is 0.101. The summed E-state index contributed by atoms with van der Waals surface area (Å²) in [7, 11) is 0. The van der Waals surface area contributed by atoms with Gasteiger partial charge in [0.2, 0.25) is 0 Å². The second kappa shape index (κ2) is 5.45. The van der Waals surface area contributed by atoms with E-state index < -0.39 is 0 Å². The molecule has 4 heteroatoms. The number of anilines is 1. The van der Waals surface area contributed by atoms with Crippen molar-refractivity contribution in [2.24, 2.45) is 0 Å². The molecule has 0 aliphatic rings. The van der Waals surface area contributed by atoms with Crippen LogP contribution in [0.2, 0.25) is 0 Å². The minimum absolute atomic E-state index is 0.115. The molecule has 0 amide bonds. The van der Waals surface area contributed by atoms with Gasteiger partial charge in [-0.15, -0.1) is 0 Å². The first-order valence-electron chi connectivity index (χ1n) is 6.10. The van der Waals surface area contributed by atoms with Crippen LogP contribution >= 0.6 is 0 Å². The van der Waals surface area contributed by atoms with Crippen molar-refractivity contribution in [3.63, 3.8) is 0 Å². The molecule has 0 saturated heterocycles. The molecular weight excluding hydrogens is 252 g/mol. The highest BCUT2D eigenvalue weighted by molar-refractivity contribution is 5.99. The number of rotatable bonds is 3. The normalized spacial score (nSPS) is 9.85. The minimum Gasteiger partial charge on any atom is -0.457 e. The Morgan fingerprint density at radius 2 is 2.00 bits per heavy atom. The smallest absolute Gasteiger partial charge is 0.162 e. The molecule has 0 aliphatic carbocycles. The van der Waals surface area contributed by atoms with Gasteiger partial charge in [-0.3, -0.25) is 4.79 Å². The molecule has 0 atom stereocenters. The van der Waals surface area contributed by atoms with Gasteiger partial charge in [-0.05, 0) is 49.7 Å². The summed E-state index contributed by atoms with van der Waals surface area (Å²) >= 11 is 0. The third-order valence-corrected chi connectivity index (χ3v) is 2.95. The second-order valence-electron chi connectivity index (χ2n) is 4.50. The van der Waals surface area contributed by atoms with Gasteiger partial charge in [-0.1, -0.05) is 6.07 Å². The maximum Gasteiger partial charge on any atom is 0.162 e. The number of carbonyl (C=O) groups excluding carboxylic acids is 1. The zero-order chi connectivity index (χ0) is 14.7. The summed E-state index contributed by atoms with van der Waals surface area (Å²) in [4.78, 5) is 11.5. The zero-order valence-corrected chi connectivity index (χ0v) is 11.3. The molecule has 0 spiro atoms. The molecule has 2 rings (SSSR count). The van der Waals surface area contributed by atoms with Crippen LogP contribution in [0.5, 0.6) is 11.5 Å². The number of hydrogen-bond donors (Lipinski definition) is 1. The molecule has 2 aromatic rings. The molecule has 2 N–H and O–H groups in total. The number of ether oxygens (including phenoxy) is 1. The van der Waals surface area contributed by atoms with E-state index in [-0.39, 0.29) is 5.78 Å². The van der Waals surface area contributed by atoms with Crippen LogP contribution in [0.1, 0.15) is 28.4 Å². The van der Waals surface area contributed by atoms with Gasteiger partial charge in [0.05, 0.1) is 11.6 Å². The summed E-state index contributed by atoms with van der Waals surface area (Å²) in [6.07, 6.45) is 0. The molecule has 0 aliphatic heterocycles. The van der Waals surface area contributed by atoms with Crippen LogP contribution in [0.25, 0.3) is 0 Å². The van der Waals surface area contributed by atoms with Crippen molar-refractivity contribution >= 4 is 11.5 Å². The van der Waals surface area contributed by atoms with Crippen molar-refractivity contribution in [3.05, 3.63) is 53.1 Å². The molecule has 0 radical (unpaired) electrons. The molecule has 0 heterocycles. The van der Waals surface area contributed by atoms with E-state index in [1.54, 1.807) is 30.3 Å². The number of nitrogens with zero attached hydrogens (tertiary/aromatic N) is 1. The van der Waals surface area contributed by atoms with Gasteiger partial charge < -0.3 is 10.5 Å². The Morgan fingerprint density at radius 3 is 2.65 bits per heavy atom. The first-order valence-corrected chi connectivity index (χ1v) is 6.10. The fourth-order valence-corrected chi connectivity index (χ4v) is 1.81. The lowest BCUT2D eigenvalue weighted by Gasteiger charge is -2.10. The summed E-state index contributed by atoms with van der Waals surface area (Å²) in [5, 5.41) is 8.91. The van der Waals surface area contributed by atoms with Gasteiger partial charge in [-0.25, -0.2) is 0 Å². The summed E-state index contributed by atoms with van der Waals surface area (Å²) in [6.45, 7) is 3.34. The summed E-state index contributed by atoms with van der Waals surface area (Å²) in [5.41, 5.74) is 8.02. The first kappa shape index (κ1) is 13.6. The number of hydrogen-bond acceptors (Lipinski definition) is 4. The Bertz CT molecular complexity index is 715. The van der Waals surface area contributed by atoms with Crippen LogP contribution < -0.4 is 10.5 Å². The molecule has 100 valence electrons. The van der Waals surface area contributed by atoms with Crippen molar-refractivity contribution < 1.29 is 9.53 Å². The molecule has 2 aromatic carbocycles. The maximum atomic E-state index is 11.5. The number of nitrogens with two attached hydrogens (primary N) is 1. The number of aryl methyl sites for hydroxylation is 1. The number of Topliss-reactive ketones (excluding diaryl/α,β-unsaturated/α-hetero) is 1. The van der Waals surface area contributed by atoms with E-state index in [4.69, 9.17) is 15.7 Å². The minimum atomic E-state index is -0.115. The van der Waals surface area contributed by atoms with E-state index in [2.05, 4.69) is 6.07 Å². The third-order valence-electron chi connectivity index (χ3n) is 2.95. The quantitative estimate of drug-likeness (QED) is 0.682. The van der Waals surface area contributed by atoms with Crippen LogP contribution in [0.4, 0.5) is 5.69 Å². The van der Waals surface area contributed by atoms with Crippen LogP contribution in [0.15, 0.2) is 36.4 Å². The van der Waals surface area contributed by atoms with E-state index in [0.717, 1.165) is 5.56 Å². The zero-order valence-electron chi connectivity index (χ0n) is 11.3. The highest BCUT2D eigenvalue weighted by atomic mass is 16.5. The van der Waals surface area contributed by atoms with E-state index >= 15 is 0 Å². The number of nitriles is 1. The van der Waals surface area contributed by atoms with E-state index in [9.17, 15) is 4.79 Å². The molecule has 0 bridgehead atoms. The maximum absolute atomic E-state index is 11.5. The molecule has 20 heavy (non-hydrogen) atoms. The Hall–Kier alpha value is -2.80. The monoisotopic (exact) mass is 266 g/mol. The summed E-state index contributed by atoms with van der Waals surface area (Å²) in [6, 6.07) is 12.2. The van der Waals surface area contributed by atoms with E-state index in [0.29, 0.717) is 28.3 Å². The average Bonchev–Trinajstić information content (AvgIpc) is 2.43. The van der Waals surface area contributed by atoms with Crippen molar-refractivity contribution in [3.8, 4) is 17.6 Å². The lowest BCUT2D eigenvalue weighted by Crippen LogP contribution is -2.00. The molecule has 4 nitrogen and oxygen atoms in total. The van der Waals surface area contributed by atoms with Gasteiger partial charge in [-0.2, -0.15) is 5.26 Å². The standard InChI is InChI=1S/C16H14N2O2/c1-10-3-4-12(9-17)7-16(10)20-13-5-6-15(18)14(8-13)11(2)19/h3-8H,18H2,1-2H3. The number of ketones is 1. The predicted octanol–water partition coefficient (Wildman–Crippen LogP) is 3.44. The third kappa shape index (κ3) is 2.78. The van der Waals surface area contributed by atoms with Crippen LogP contribution in [0.3, 0.4) is 0 Å². The van der Waals surface area contributed by atoms with Crippen molar-refractivity contribution in [2.75, 3.05) is 5.73 Å². The van der Waals surface area contributed by atoms with Gasteiger partial charge in [0.15, 0.2) is 5.78 Å². The Balaban J connectivity index is 2.38. The second-order valence-corrected chi connectivity index (χ2v) is 4.50. The van der Waals surface area contributed by atoms with Crippen molar-refractivity contribution in [1.82, 2.24) is 0 Å².